The summed E-state index contributed by atoms with van der Waals surface area (Å²) in [6.07, 6.45) is 1.29. The van der Waals surface area contributed by atoms with Crippen molar-refractivity contribution in [2.75, 3.05) is 20.2 Å². The van der Waals surface area contributed by atoms with Crippen LogP contribution in [0.5, 0.6) is 5.75 Å². The second-order valence-corrected chi connectivity index (χ2v) is 6.08. The number of carbonyl (C=O) groups is 1. The van der Waals surface area contributed by atoms with Crippen LogP contribution in [0.2, 0.25) is 0 Å². The molecule has 106 valence electrons. The Morgan fingerprint density at radius 1 is 1.21 bits per heavy atom. The summed E-state index contributed by atoms with van der Waals surface area (Å²) in [5.74, 6) is 1.05. The number of hydrogen-bond acceptors (Lipinski definition) is 2. The lowest BCUT2D eigenvalue weighted by molar-refractivity contribution is -0.131. The molecule has 1 amide bonds. The van der Waals surface area contributed by atoms with Crippen molar-refractivity contribution >= 4 is 5.91 Å². The molecule has 0 heterocycles. The van der Waals surface area contributed by atoms with Crippen LogP contribution in [0, 0.1) is 5.41 Å². The second-order valence-electron chi connectivity index (χ2n) is 6.08. The van der Waals surface area contributed by atoms with E-state index in [1.165, 1.54) is 0 Å². The first-order valence-corrected chi connectivity index (χ1v) is 6.80. The van der Waals surface area contributed by atoms with Gasteiger partial charge in [0.2, 0.25) is 5.91 Å². The van der Waals surface area contributed by atoms with Gasteiger partial charge >= 0.3 is 0 Å². The molecule has 0 atom stereocenters. The number of ether oxygens (including phenoxy) is 1. The van der Waals surface area contributed by atoms with Crippen molar-refractivity contribution in [3.05, 3.63) is 30.3 Å². The van der Waals surface area contributed by atoms with Crippen LogP contribution in [-0.4, -0.2) is 31.0 Å². The third kappa shape index (κ3) is 6.85. The number of rotatable bonds is 6. The molecule has 0 radical (unpaired) electrons. The largest absolute Gasteiger partial charge is 0.494 e. The van der Waals surface area contributed by atoms with Crippen molar-refractivity contribution in [1.29, 1.82) is 0 Å². The normalized spacial score (nSPS) is 11.2. The SMILES string of the molecule is CN(CC(C)(C)C)C(=O)CCCOc1ccccc1. The Morgan fingerprint density at radius 2 is 1.84 bits per heavy atom. The Hall–Kier alpha value is -1.51. The summed E-state index contributed by atoms with van der Waals surface area (Å²) < 4.78 is 5.57. The molecule has 3 nitrogen and oxygen atoms in total. The Kier molecular flexibility index (Phi) is 5.87. The van der Waals surface area contributed by atoms with Gasteiger partial charge in [-0.15, -0.1) is 0 Å². The summed E-state index contributed by atoms with van der Waals surface area (Å²) in [6, 6.07) is 9.69. The van der Waals surface area contributed by atoms with E-state index in [0.29, 0.717) is 13.0 Å². The number of carbonyl (C=O) groups excluding carboxylic acids is 1. The Morgan fingerprint density at radius 3 is 2.42 bits per heavy atom. The average molecular weight is 263 g/mol. The zero-order valence-electron chi connectivity index (χ0n) is 12.5. The van der Waals surface area contributed by atoms with E-state index in [0.717, 1.165) is 18.7 Å². The van der Waals surface area contributed by atoms with Crippen LogP contribution in [0.3, 0.4) is 0 Å². The first kappa shape index (κ1) is 15.5. The minimum atomic E-state index is 0.144. The molecule has 0 saturated carbocycles. The predicted octanol–water partition coefficient (Wildman–Crippen LogP) is 3.35. The van der Waals surface area contributed by atoms with Crippen LogP contribution >= 0.6 is 0 Å². The Labute approximate surface area is 116 Å². The maximum Gasteiger partial charge on any atom is 0.222 e. The highest BCUT2D eigenvalue weighted by Gasteiger charge is 2.17. The minimum Gasteiger partial charge on any atom is -0.494 e. The fourth-order valence-electron chi connectivity index (χ4n) is 1.92. The van der Waals surface area contributed by atoms with Crippen LogP contribution in [0.15, 0.2) is 30.3 Å². The summed E-state index contributed by atoms with van der Waals surface area (Å²) in [5.41, 5.74) is 0.144. The molecule has 0 aliphatic heterocycles. The zero-order chi connectivity index (χ0) is 14.3. The van der Waals surface area contributed by atoms with Gasteiger partial charge in [-0.2, -0.15) is 0 Å². The van der Waals surface area contributed by atoms with Gasteiger partial charge in [-0.25, -0.2) is 0 Å². The lowest BCUT2D eigenvalue weighted by Crippen LogP contribution is -2.34. The molecule has 1 aromatic rings. The van der Waals surface area contributed by atoms with Crippen LogP contribution in [0.1, 0.15) is 33.6 Å². The van der Waals surface area contributed by atoms with E-state index in [1.54, 1.807) is 0 Å². The topological polar surface area (TPSA) is 29.5 Å². The van der Waals surface area contributed by atoms with E-state index < -0.39 is 0 Å². The van der Waals surface area contributed by atoms with Gasteiger partial charge in [-0.05, 0) is 24.0 Å². The van der Waals surface area contributed by atoms with Crippen molar-refractivity contribution in [3.8, 4) is 5.75 Å². The quantitative estimate of drug-likeness (QED) is 0.737. The molecule has 0 aromatic heterocycles. The van der Waals surface area contributed by atoms with E-state index in [9.17, 15) is 4.79 Å². The minimum absolute atomic E-state index is 0.144. The van der Waals surface area contributed by atoms with E-state index in [4.69, 9.17) is 4.74 Å². The van der Waals surface area contributed by atoms with Crippen molar-refractivity contribution in [2.24, 2.45) is 5.41 Å². The molecule has 0 aliphatic rings. The summed E-state index contributed by atoms with van der Waals surface area (Å²) in [5, 5.41) is 0. The molecule has 19 heavy (non-hydrogen) atoms. The molecule has 0 unspecified atom stereocenters. The van der Waals surface area contributed by atoms with Gasteiger partial charge in [0.05, 0.1) is 6.61 Å². The van der Waals surface area contributed by atoms with Gasteiger partial charge in [0.25, 0.3) is 0 Å². The maximum absolute atomic E-state index is 11.9. The maximum atomic E-state index is 11.9. The first-order chi connectivity index (χ1) is 8.88. The van der Waals surface area contributed by atoms with Crippen molar-refractivity contribution in [3.63, 3.8) is 0 Å². The highest BCUT2D eigenvalue weighted by Crippen LogP contribution is 2.15. The van der Waals surface area contributed by atoms with E-state index in [-0.39, 0.29) is 11.3 Å². The fraction of sp³-hybridized carbons (Fsp3) is 0.562. The molecule has 0 bridgehead atoms. The molecule has 0 N–H and O–H groups in total. The lowest BCUT2D eigenvalue weighted by atomic mass is 9.96. The fourth-order valence-corrected chi connectivity index (χ4v) is 1.92. The molecule has 0 aliphatic carbocycles. The number of hydrogen-bond donors (Lipinski definition) is 0. The summed E-state index contributed by atoms with van der Waals surface area (Å²) >= 11 is 0. The number of amides is 1. The van der Waals surface area contributed by atoms with Gasteiger partial charge in [0.15, 0.2) is 0 Å². The second kappa shape index (κ2) is 7.17. The molecular formula is C16H25NO2. The molecular weight excluding hydrogens is 238 g/mol. The Bertz CT molecular complexity index is 381. The van der Waals surface area contributed by atoms with E-state index >= 15 is 0 Å². The predicted molar refractivity (Wildman–Crippen MR) is 78.3 cm³/mol. The van der Waals surface area contributed by atoms with E-state index in [2.05, 4.69) is 20.8 Å². The molecule has 3 heteroatoms. The molecule has 1 aromatic carbocycles. The highest BCUT2D eigenvalue weighted by atomic mass is 16.5. The van der Waals surface area contributed by atoms with Gasteiger partial charge < -0.3 is 9.64 Å². The van der Waals surface area contributed by atoms with Crippen molar-refractivity contribution < 1.29 is 9.53 Å². The van der Waals surface area contributed by atoms with Crippen LogP contribution < -0.4 is 4.74 Å². The smallest absolute Gasteiger partial charge is 0.222 e. The molecule has 0 fully saturated rings. The number of benzene rings is 1. The van der Waals surface area contributed by atoms with Crippen LogP contribution in [0.4, 0.5) is 0 Å². The summed E-state index contributed by atoms with van der Waals surface area (Å²) in [7, 11) is 1.87. The van der Waals surface area contributed by atoms with E-state index in [1.807, 2.05) is 42.3 Å². The molecule has 1 rings (SSSR count). The van der Waals surface area contributed by atoms with Crippen molar-refractivity contribution in [2.45, 2.75) is 33.6 Å². The molecule has 0 saturated heterocycles. The van der Waals surface area contributed by atoms with Gasteiger partial charge in [0, 0.05) is 20.0 Å². The third-order valence-corrected chi connectivity index (χ3v) is 2.68. The summed E-state index contributed by atoms with van der Waals surface area (Å²) in [6.45, 7) is 7.77. The number of para-hydroxylation sites is 1. The monoisotopic (exact) mass is 263 g/mol. The van der Waals surface area contributed by atoms with Gasteiger partial charge in [0.1, 0.15) is 5.75 Å². The lowest BCUT2D eigenvalue weighted by Gasteiger charge is -2.26. The number of nitrogens with zero attached hydrogens (tertiary/aromatic N) is 1. The zero-order valence-corrected chi connectivity index (χ0v) is 12.5. The van der Waals surface area contributed by atoms with Crippen LogP contribution in [-0.2, 0) is 4.79 Å². The van der Waals surface area contributed by atoms with Gasteiger partial charge in [-0.3, -0.25) is 4.79 Å². The highest BCUT2D eigenvalue weighted by molar-refractivity contribution is 5.75. The Balaban J connectivity index is 2.20. The van der Waals surface area contributed by atoms with Crippen molar-refractivity contribution in [1.82, 2.24) is 4.90 Å². The van der Waals surface area contributed by atoms with Crippen LogP contribution in [0.25, 0.3) is 0 Å². The average Bonchev–Trinajstić information content (AvgIpc) is 2.33. The third-order valence-electron chi connectivity index (χ3n) is 2.68. The standard InChI is InChI=1S/C16H25NO2/c1-16(2,3)13-17(4)15(18)11-8-12-19-14-9-6-5-7-10-14/h5-7,9-10H,8,11-13H2,1-4H3. The first-order valence-electron chi connectivity index (χ1n) is 6.80. The molecule has 0 spiro atoms. The van der Waals surface area contributed by atoms with Gasteiger partial charge in [-0.1, -0.05) is 39.0 Å². The summed E-state index contributed by atoms with van der Waals surface area (Å²) in [4.78, 5) is 13.7.